The zero-order valence-corrected chi connectivity index (χ0v) is 11.7. The van der Waals surface area contributed by atoms with Crippen molar-refractivity contribution in [3.63, 3.8) is 0 Å². The maximum absolute atomic E-state index is 2.31. The minimum Gasteiger partial charge on any atom is -0.0683 e. The van der Waals surface area contributed by atoms with Crippen LogP contribution in [0.15, 0.2) is 0 Å². The molecule has 0 spiro atoms. The van der Waals surface area contributed by atoms with E-state index in [9.17, 15) is 0 Å². The van der Waals surface area contributed by atoms with Gasteiger partial charge in [-0.2, -0.15) is 0 Å². The maximum atomic E-state index is 2.31. The average molecular weight is 212 g/mol. The predicted molar refractivity (Wildman–Crippen MR) is 71.2 cm³/mol. The van der Waals surface area contributed by atoms with E-state index in [4.69, 9.17) is 0 Å². The highest BCUT2D eigenvalue weighted by atomic mass is 14.4. The molecule has 0 aliphatic heterocycles. The van der Waals surface area contributed by atoms with Crippen LogP contribution in [0.5, 0.6) is 0 Å². The fourth-order valence-corrected chi connectivity index (χ4v) is 2.51. The minimum atomic E-state index is 0.949. The molecule has 0 amide bonds. The Labute approximate surface area is 97.8 Å². The quantitative estimate of drug-likeness (QED) is 0.566. The van der Waals surface area contributed by atoms with Crippen molar-refractivity contribution >= 4 is 0 Å². The van der Waals surface area contributed by atoms with Crippen molar-refractivity contribution in [2.75, 3.05) is 0 Å². The Morgan fingerprint density at radius 1 is 1.00 bits per heavy atom. The Balaban J connectivity index is 0.000000225. The summed E-state index contributed by atoms with van der Waals surface area (Å²) in [6, 6.07) is 0. The molecule has 2 bridgehead atoms. The number of rotatable bonds is 3. The van der Waals surface area contributed by atoms with E-state index in [1.807, 2.05) is 13.8 Å². The zero-order valence-electron chi connectivity index (χ0n) is 11.7. The summed E-state index contributed by atoms with van der Waals surface area (Å²) in [5.41, 5.74) is 0. The Hall–Kier alpha value is 0. The van der Waals surface area contributed by atoms with Gasteiger partial charge in [0.25, 0.3) is 0 Å². The topological polar surface area (TPSA) is 0 Å². The third kappa shape index (κ3) is 6.22. The van der Waals surface area contributed by atoms with Gasteiger partial charge in [0, 0.05) is 0 Å². The van der Waals surface area contributed by atoms with E-state index < -0.39 is 0 Å². The van der Waals surface area contributed by atoms with Crippen molar-refractivity contribution in [3.8, 4) is 0 Å². The van der Waals surface area contributed by atoms with Crippen molar-refractivity contribution in [1.29, 1.82) is 0 Å². The molecule has 0 N–H and O–H groups in total. The zero-order chi connectivity index (χ0) is 11.7. The van der Waals surface area contributed by atoms with Crippen molar-refractivity contribution in [1.82, 2.24) is 0 Å². The van der Waals surface area contributed by atoms with Gasteiger partial charge in [0.05, 0.1) is 0 Å². The van der Waals surface area contributed by atoms with Crippen LogP contribution < -0.4 is 0 Å². The molecule has 1 unspecified atom stereocenters. The van der Waals surface area contributed by atoms with E-state index in [2.05, 4.69) is 20.8 Å². The molecule has 3 fully saturated rings. The number of hydrogen-bond donors (Lipinski definition) is 0. The number of hydrogen-bond acceptors (Lipinski definition) is 0. The lowest BCUT2D eigenvalue weighted by atomic mass is 9.85. The molecule has 3 saturated carbocycles. The lowest BCUT2D eigenvalue weighted by Gasteiger charge is -2.21. The van der Waals surface area contributed by atoms with Gasteiger partial charge in [-0.25, -0.2) is 0 Å². The molecule has 3 aliphatic carbocycles. The predicted octanol–water partition coefficient (Wildman–Crippen LogP) is 5.67. The van der Waals surface area contributed by atoms with E-state index >= 15 is 0 Å². The second-order valence-electron chi connectivity index (χ2n) is 5.08. The van der Waals surface area contributed by atoms with Crippen LogP contribution in [0.3, 0.4) is 0 Å². The van der Waals surface area contributed by atoms with Crippen LogP contribution in [-0.4, -0.2) is 0 Å². The smallest absolute Gasteiger partial charge is 0.0409 e. The highest BCUT2D eigenvalue weighted by molar-refractivity contribution is 4.87. The SMILES string of the molecule is C1CC2CC1C2.CC.CCCC(C)CC. The third-order valence-electron chi connectivity index (χ3n) is 3.79. The molecule has 0 heterocycles. The first-order valence-corrected chi connectivity index (χ1v) is 7.26. The van der Waals surface area contributed by atoms with Gasteiger partial charge in [0.1, 0.15) is 0 Å². The van der Waals surface area contributed by atoms with Crippen LogP contribution in [0, 0.1) is 17.8 Å². The minimum absolute atomic E-state index is 0.949. The highest BCUT2D eigenvalue weighted by Gasteiger charge is 2.35. The molecule has 15 heavy (non-hydrogen) atoms. The fraction of sp³-hybridized carbons (Fsp3) is 1.00. The van der Waals surface area contributed by atoms with Gasteiger partial charge in [-0.3, -0.25) is 0 Å². The Kier molecular flexibility index (Phi) is 9.24. The summed E-state index contributed by atoms with van der Waals surface area (Å²) in [4.78, 5) is 0. The number of fused-ring (bicyclic) bond motifs is 1. The summed E-state index contributed by atoms with van der Waals surface area (Å²) in [5.74, 6) is 3.33. The van der Waals surface area contributed by atoms with Gasteiger partial charge in [-0.05, 0) is 30.6 Å². The first-order valence-electron chi connectivity index (χ1n) is 7.26. The molecule has 0 heteroatoms. The van der Waals surface area contributed by atoms with Crippen molar-refractivity contribution in [2.45, 2.75) is 79.6 Å². The van der Waals surface area contributed by atoms with Gasteiger partial charge in [0.2, 0.25) is 0 Å². The molecular formula is C15H32. The van der Waals surface area contributed by atoms with Gasteiger partial charge < -0.3 is 0 Å². The van der Waals surface area contributed by atoms with Gasteiger partial charge in [-0.1, -0.05) is 66.7 Å². The summed E-state index contributed by atoms with van der Waals surface area (Å²) in [7, 11) is 0. The molecular weight excluding hydrogens is 180 g/mol. The molecule has 0 aromatic rings. The van der Waals surface area contributed by atoms with Gasteiger partial charge >= 0.3 is 0 Å². The van der Waals surface area contributed by atoms with Crippen molar-refractivity contribution in [3.05, 3.63) is 0 Å². The molecule has 3 aliphatic rings. The summed E-state index contributed by atoms with van der Waals surface area (Å²) in [6.45, 7) is 10.8. The second kappa shape index (κ2) is 9.24. The first kappa shape index (κ1) is 15.0. The molecule has 0 aromatic carbocycles. The van der Waals surface area contributed by atoms with E-state index in [1.54, 1.807) is 25.7 Å². The third-order valence-corrected chi connectivity index (χ3v) is 3.79. The molecule has 92 valence electrons. The van der Waals surface area contributed by atoms with E-state index in [-0.39, 0.29) is 0 Å². The Morgan fingerprint density at radius 2 is 1.47 bits per heavy atom. The molecule has 1 atom stereocenters. The van der Waals surface area contributed by atoms with E-state index in [0.29, 0.717) is 0 Å². The van der Waals surface area contributed by atoms with Crippen LogP contribution in [0.1, 0.15) is 79.6 Å². The Bertz CT molecular complexity index is 108. The van der Waals surface area contributed by atoms with Crippen LogP contribution >= 0.6 is 0 Å². The molecule has 3 rings (SSSR count). The second-order valence-corrected chi connectivity index (χ2v) is 5.08. The van der Waals surface area contributed by atoms with Crippen molar-refractivity contribution in [2.24, 2.45) is 17.8 Å². The normalized spacial score (nSPS) is 27.8. The largest absolute Gasteiger partial charge is 0.0683 e. The average Bonchev–Trinajstić information content (AvgIpc) is 2.84. The van der Waals surface area contributed by atoms with Crippen LogP contribution in [0.2, 0.25) is 0 Å². The monoisotopic (exact) mass is 212 g/mol. The van der Waals surface area contributed by atoms with Crippen LogP contribution in [0.4, 0.5) is 0 Å². The summed E-state index contributed by atoms with van der Waals surface area (Å²) in [5, 5.41) is 0. The molecule has 0 saturated heterocycles. The lowest BCUT2D eigenvalue weighted by molar-refractivity contribution is 0.304. The maximum Gasteiger partial charge on any atom is -0.0409 e. The molecule has 0 radical (unpaired) electrons. The van der Waals surface area contributed by atoms with E-state index in [0.717, 1.165) is 5.92 Å². The van der Waals surface area contributed by atoms with E-state index in [1.165, 1.54) is 31.1 Å². The fourth-order valence-electron chi connectivity index (χ4n) is 2.51. The van der Waals surface area contributed by atoms with Crippen molar-refractivity contribution < 1.29 is 0 Å². The van der Waals surface area contributed by atoms with Gasteiger partial charge in [0.15, 0.2) is 0 Å². The van der Waals surface area contributed by atoms with Crippen LogP contribution in [0.25, 0.3) is 0 Å². The standard InChI is InChI=1S/C7H16.C6H10.C2H6/c1-4-6-7(3)5-2;1-2-6-3-5(1)4-6;1-2/h7H,4-6H2,1-3H3;5-6H,1-4H2;1-2H3. The van der Waals surface area contributed by atoms with Gasteiger partial charge in [-0.15, -0.1) is 0 Å². The molecule has 0 aromatic heterocycles. The highest BCUT2D eigenvalue weighted by Crippen LogP contribution is 2.47. The summed E-state index contributed by atoms with van der Waals surface area (Å²) in [6.07, 6.45) is 10.4. The summed E-state index contributed by atoms with van der Waals surface area (Å²) < 4.78 is 0. The Morgan fingerprint density at radius 3 is 1.60 bits per heavy atom. The molecule has 0 nitrogen and oxygen atoms in total. The summed E-state index contributed by atoms with van der Waals surface area (Å²) >= 11 is 0. The lowest BCUT2D eigenvalue weighted by Crippen LogP contribution is -2.09. The van der Waals surface area contributed by atoms with Crippen LogP contribution in [-0.2, 0) is 0 Å². The first-order chi connectivity index (χ1) is 7.26.